The van der Waals surface area contributed by atoms with Crippen LogP contribution in [0.5, 0.6) is 0 Å². The second kappa shape index (κ2) is 8.71. The number of rotatable bonds is 5. The summed E-state index contributed by atoms with van der Waals surface area (Å²) in [6.45, 7) is 4.44. The normalized spacial score (nSPS) is 15.9. The molecule has 0 aliphatic carbocycles. The van der Waals surface area contributed by atoms with Gasteiger partial charge in [-0.15, -0.1) is 0 Å². The Kier molecular flexibility index (Phi) is 6.13. The zero-order valence-electron chi connectivity index (χ0n) is 17.6. The van der Waals surface area contributed by atoms with Crippen LogP contribution in [0.4, 0.5) is 18.9 Å². The van der Waals surface area contributed by atoms with Crippen LogP contribution in [0.3, 0.4) is 0 Å². The van der Waals surface area contributed by atoms with Gasteiger partial charge in [0, 0.05) is 43.8 Å². The van der Waals surface area contributed by atoms with Crippen molar-refractivity contribution in [2.45, 2.75) is 18.0 Å². The van der Waals surface area contributed by atoms with E-state index in [0.717, 1.165) is 11.6 Å². The van der Waals surface area contributed by atoms with Crippen LogP contribution in [0.1, 0.15) is 11.3 Å². The number of benzene rings is 2. The zero-order chi connectivity index (χ0) is 22.9. The van der Waals surface area contributed by atoms with Gasteiger partial charge in [-0.05, 0) is 37.3 Å². The number of pyridine rings is 1. The fourth-order valence-corrected chi connectivity index (χ4v) is 5.24. The molecule has 0 radical (unpaired) electrons. The minimum absolute atomic E-state index is 0.00657. The van der Waals surface area contributed by atoms with Crippen LogP contribution >= 0.6 is 0 Å². The lowest BCUT2D eigenvalue weighted by Crippen LogP contribution is -2.47. The van der Waals surface area contributed by atoms with Crippen LogP contribution in [-0.4, -0.2) is 56.8 Å². The minimum Gasteiger partial charge on any atom is -0.368 e. The topological polar surface area (TPSA) is 53.5 Å². The first-order valence-electron chi connectivity index (χ1n) is 10.4. The molecule has 0 N–H and O–H groups in total. The maximum absolute atomic E-state index is 13.4. The Labute approximate surface area is 185 Å². The molecular formula is C23H24F3N3O2S. The average molecular weight is 464 g/mol. The molecule has 1 aliphatic rings. The van der Waals surface area contributed by atoms with Gasteiger partial charge in [-0.25, -0.2) is 13.4 Å². The first-order chi connectivity index (χ1) is 15.1. The van der Waals surface area contributed by atoms with Crippen LogP contribution in [-0.2, 0) is 16.0 Å². The Morgan fingerprint density at radius 1 is 0.969 bits per heavy atom. The Hall–Kier alpha value is -2.65. The number of aryl methyl sites for hydroxylation is 1. The number of alkyl halides is 3. The minimum atomic E-state index is -4.53. The molecule has 1 aliphatic heterocycles. The summed E-state index contributed by atoms with van der Waals surface area (Å²) in [4.78, 5) is 8.09. The van der Waals surface area contributed by atoms with Gasteiger partial charge in [0.15, 0.2) is 9.84 Å². The highest BCUT2D eigenvalue weighted by Crippen LogP contribution is 2.35. The maximum atomic E-state index is 13.4. The highest BCUT2D eigenvalue weighted by molar-refractivity contribution is 7.91. The first-order valence-corrected chi connectivity index (χ1v) is 12.0. The fraction of sp³-hybridized carbons (Fsp3) is 0.348. The van der Waals surface area contributed by atoms with Crippen molar-refractivity contribution in [1.82, 2.24) is 9.88 Å². The molecule has 32 heavy (non-hydrogen) atoms. The summed E-state index contributed by atoms with van der Waals surface area (Å²) < 4.78 is 65.3. The van der Waals surface area contributed by atoms with Crippen molar-refractivity contribution in [2.75, 3.05) is 43.4 Å². The van der Waals surface area contributed by atoms with Crippen LogP contribution in [0.15, 0.2) is 59.5 Å². The number of halogens is 3. The summed E-state index contributed by atoms with van der Waals surface area (Å²) in [6.07, 6.45) is -4.53. The number of piperazine rings is 1. The molecule has 0 bridgehead atoms. The van der Waals surface area contributed by atoms with Crippen molar-refractivity contribution >= 4 is 26.4 Å². The predicted molar refractivity (Wildman–Crippen MR) is 119 cm³/mol. The van der Waals surface area contributed by atoms with Gasteiger partial charge in [-0.1, -0.05) is 29.8 Å². The highest BCUT2D eigenvalue weighted by atomic mass is 32.2. The van der Waals surface area contributed by atoms with E-state index in [0.29, 0.717) is 54.2 Å². The number of aromatic nitrogens is 1. The third-order valence-corrected chi connectivity index (χ3v) is 7.43. The van der Waals surface area contributed by atoms with Crippen LogP contribution in [0, 0.1) is 6.92 Å². The summed E-state index contributed by atoms with van der Waals surface area (Å²) in [5.74, 6) is 0.00657. The van der Waals surface area contributed by atoms with Crippen molar-refractivity contribution < 1.29 is 21.6 Å². The summed E-state index contributed by atoms with van der Waals surface area (Å²) in [5.41, 5.74) is 0.879. The third kappa shape index (κ3) is 4.88. The third-order valence-electron chi connectivity index (χ3n) is 5.72. The molecule has 1 aromatic heterocycles. The van der Waals surface area contributed by atoms with E-state index in [-0.39, 0.29) is 5.75 Å². The maximum Gasteiger partial charge on any atom is 0.433 e. The Bertz CT molecular complexity index is 1210. The van der Waals surface area contributed by atoms with Crippen molar-refractivity contribution in [3.05, 3.63) is 65.9 Å². The molecule has 5 nitrogen and oxygen atoms in total. The van der Waals surface area contributed by atoms with E-state index in [2.05, 4.69) is 4.98 Å². The van der Waals surface area contributed by atoms with E-state index in [1.807, 2.05) is 22.8 Å². The zero-order valence-corrected chi connectivity index (χ0v) is 18.5. The molecule has 4 rings (SSSR count). The van der Waals surface area contributed by atoms with Gasteiger partial charge in [0.1, 0.15) is 5.69 Å². The molecule has 170 valence electrons. The fourth-order valence-electron chi connectivity index (χ4n) is 3.94. The van der Waals surface area contributed by atoms with Crippen LogP contribution in [0.25, 0.3) is 10.9 Å². The molecule has 9 heteroatoms. The molecule has 1 fully saturated rings. The molecule has 0 atom stereocenters. The SMILES string of the molecule is Cc1ccc2nc(C(F)(F)F)cc(N3CCN(CCS(=O)(=O)c4ccccc4)CC3)c2c1. The lowest BCUT2D eigenvalue weighted by Gasteiger charge is -2.36. The van der Waals surface area contributed by atoms with E-state index < -0.39 is 21.7 Å². The first kappa shape index (κ1) is 22.5. The van der Waals surface area contributed by atoms with Crippen molar-refractivity contribution in [2.24, 2.45) is 0 Å². The molecule has 1 saturated heterocycles. The molecule has 0 saturated carbocycles. The van der Waals surface area contributed by atoms with Gasteiger partial charge in [-0.2, -0.15) is 13.2 Å². The summed E-state index contributed by atoms with van der Waals surface area (Å²) in [6, 6.07) is 14.7. The van der Waals surface area contributed by atoms with Gasteiger partial charge in [0.25, 0.3) is 0 Å². The number of nitrogens with zero attached hydrogens (tertiary/aromatic N) is 3. The largest absolute Gasteiger partial charge is 0.433 e. The van der Waals surface area contributed by atoms with Crippen molar-refractivity contribution in [3.8, 4) is 0 Å². The second-order valence-electron chi connectivity index (χ2n) is 8.01. The number of hydrogen-bond acceptors (Lipinski definition) is 5. The molecule has 0 spiro atoms. The van der Waals surface area contributed by atoms with Gasteiger partial charge >= 0.3 is 6.18 Å². The number of sulfone groups is 1. The summed E-state index contributed by atoms with van der Waals surface area (Å²) in [5, 5.41) is 0.693. The van der Waals surface area contributed by atoms with Gasteiger partial charge < -0.3 is 4.90 Å². The van der Waals surface area contributed by atoms with E-state index >= 15 is 0 Å². The summed E-state index contributed by atoms with van der Waals surface area (Å²) in [7, 11) is -3.37. The summed E-state index contributed by atoms with van der Waals surface area (Å²) >= 11 is 0. The molecule has 2 heterocycles. The van der Waals surface area contributed by atoms with Crippen LogP contribution in [0.2, 0.25) is 0 Å². The number of anilines is 1. The van der Waals surface area contributed by atoms with E-state index in [4.69, 9.17) is 0 Å². The van der Waals surface area contributed by atoms with E-state index in [9.17, 15) is 21.6 Å². The second-order valence-corrected chi connectivity index (χ2v) is 10.1. The highest BCUT2D eigenvalue weighted by Gasteiger charge is 2.34. The molecular weight excluding hydrogens is 439 g/mol. The monoisotopic (exact) mass is 463 g/mol. The standard InChI is InChI=1S/C23H24F3N3O2S/c1-17-7-8-20-19(15-17)21(16-22(27-20)23(24,25)26)29-11-9-28(10-12-29)13-14-32(30,31)18-5-3-2-4-6-18/h2-8,15-16H,9-14H2,1H3. The Morgan fingerprint density at radius 3 is 2.31 bits per heavy atom. The van der Waals surface area contributed by atoms with Crippen LogP contribution < -0.4 is 4.90 Å². The van der Waals surface area contributed by atoms with E-state index in [1.54, 1.807) is 42.5 Å². The lowest BCUT2D eigenvalue weighted by atomic mass is 10.1. The van der Waals surface area contributed by atoms with Gasteiger partial charge in [0.2, 0.25) is 0 Å². The Balaban J connectivity index is 1.49. The van der Waals surface area contributed by atoms with Gasteiger partial charge in [0.05, 0.1) is 16.2 Å². The van der Waals surface area contributed by atoms with E-state index in [1.165, 1.54) is 0 Å². The van der Waals surface area contributed by atoms with Crippen molar-refractivity contribution in [1.29, 1.82) is 0 Å². The van der Waals surface area contributed by atoms with Crippen molar-refractivity contribution in [3.63, 3.8) is 0 Å². The smallest absolute Gasteiger partial charge is 0.368 e. The average Bonchev–Trinajstić information content (AvgIpc) is 2.77. The molecule has 2 aromatic carbocycles. The molecule has 0 unspecified atom stereocenters. The quantitative estimate of drug-likeness (QED) is 0.569. The molecule has 0 amide bonds. The number of hydrogen-bond donors (Lipinski definition) is 0. The number of fused-ring (bicyclic) bond motifs is 1. The van der Waals surface area contributed by atoms with Gasteiger partial charge in [-0.3, -0.25) is 4.90 Å². The molecule has 3 aromatic rings. The lowest BCUT2D eigenvalue weighted by molar-refractivity contribution is -0.140. The Morgan fingerprint density at radius 2 is 1.66 bits per heavy atom. The predicted octanol–water partition coefficient (Wildman–Crippen LogP) is 4.16.